The minimum Gasteiger partial charge on any atom is -0.364 e. The summed E-state index contributed by atoms with van der Waals surface area (Å²) in [6, 6.07) is 13.0. The molecule has 1 aromatic heterocycles. The molecule has 3 aromatic rings. The van der Waals surface area contributed by atoms with Crippen molar-refractivity contribution >= 4 is 23.3 Å². The van der Waals surface area contributed by atoms with Crippen LogP contribution < -0.4 is 16.0 Å². The number of amidine groups is 1. The van der Waals surface area contributed by atoms with E-state index in [0.717, 1.165) is 5.56 Å². The average molecular weight is 442 g/mol. The largest absolute Gasteiger partial charge is 0.364 e. The van der Waals surface area contributed by atoms with Gasteiger partial charge in [-0.3, -0.25) is 9.59 Å². The van der Waals surface area contributed by atoms with E-state index in [4.69, 9.17) is 5.73 Å². The van der Waals surface area contributed by atoms with Crippen molar-refractivity contribution < 1.29 is 14.0 Å². The number of anilines is 1. The fourth-order valence-electron chi connectivity index (χ4n) is 3.92. The third-order valence-corrected chi connectivity index (χ3v) is 5.49. The SMILES string of the molecule is NC(=O)c1nn(-c2ccc(F)cc2)c2c1CCN(c1ccc(C3=NC=CC=CN3)cc1)C2=O. The number of nitrogens with one attached hydrogen (secondary N) is 1. The first-order valence-corrected chi connectivity index (χ1v) is 10.3. The highest BCUT2D eigenvalue weighted by molar-refractivity contribution is 6.10. The number of hydrogen-bond acceptors (Lipinski definition) is 5. The molecule has 2 aliphatic heterocycles. The number of carbonyl (C=O) groups excluding carboxylic acids is 2. The summed E-state index contributed by atoms with van der Waals surface area (Å²) >= 11 is 0. The number of halogens is 1. The van der Waals surface area contributed by atoms with Crippen molar-refractivity contribution in [3.05, 3.63) is 101 Å². The second-order valence-corrected chi connectivity index (χ2v) is 7.50. The number of benzene rings is 2. The third-order valence-electron chi connectivity index (χ3n) is 5.49. The number of allylic oxidation sites excluding steroid dienone is 2. The molecule has 0 bridgehead atoms. The van der Waals surface area contributed by atoms with Gasteiger partial charge < -0.3 is 16.0 Å². The number of carbonyl (C=O) groups is 2. The Morgan fingerprint density at radius 2 is 1.76 bits per heavy atom. The van der Waals surface area contributed by atoms with E-state index in [2.05, 4.69) is 15.4 Å². The van der Waals surface area contributed by atoms with Crippen LogP contribution in [0.1, 0.15) is 32.1 Å². The highest BCUT2D eigenvalue weighted by Gasteiger charge is 2.34. The number of hydrogen-bond donors (Lipinski definition) is 2. The molecule has 2 aromatic carbocycles. The lowest BCUT2D eigenvalue weighted by Crippen LogP contribution is -2.39. The Morgan fingerprint density at radius 3 is 2.48 bits per heavy atom. The summed E-state index contributed by atoms with van der Waals surface area (Å²) in [6.45, 7) is 0.366. The van der Waals surface area contributed by atoms with Gasteiger partial charge in [0.1, 0.15) is 17.3 Å². The first kappa shape index (κ1) is 20.4. The molecule has 2 aliphatic rings. The van der Waals surface area contributed by atoms with Crippen molar-refractivity contribution in [2.45, 2.75) is 6.42 Å². The van der Waals surface area contributed by atoms with Gasteiger partial charge in [-0.25, -0.2) is 14.1 Å². The second kappa shape index (κ2) is 8.19. The highest BCUT2D eigenvalue weighted by atomic mass is 19.1. The van der Waals surface area contributed by atoms with Gasteiger partial charge in [0.15, 0.2) is 5.69 Å². The summed E-state index contributed by atoms with van der Waals surface area (Å²) in [7, 11) is 0. The smallest absolute Gasteiger partial charge is 0.277 e. The van der Waals surface area contributed by atoms with Crippen LogP contribution in [0.25, 0.3) is 5.69 Å². The monoisotopic (exact) mass is 442 g/mol. The van der Waals surface area contributed by atoms with Crippen molar-refractivity contribution in [3.63, 3.8) is 0 Å². The molecule has 0 radical (unpaired) electrons. The fraction of sp³-hybridized carbons (Fsp3) is 0.0833. The molecule has 2 amide bonds. The van der Waals surface area contributed by atoms with Crippen molar-refractivity contribution in [2.24, 2.45) is 10.7 Å². The van der Waals surface area contributed by atoms with Gasteiger partial charge in [-0.1, -0.05) is 0 Å². The van der Waals surface area contributed by atoms with Crippen LogP contribution in [0.4, 0.5) is 10.1 Å². The van der Waals surface area contributed by atoms with E-state index in [9.17, 15) is 14.0 Å². The highest BCUT2D eigenvalue weighted by Crippen LogP contribution is 2.29. The van der Waals surface area contributed by atoms with Crippen molar-refractivity contribution in [2.75, 3.05) is 11.4 Å². The Morgan fingerprint density at radius 1 is 1.03 bits per heavy atom. The van der Waals surface area contributed by atoms with Crippen LogP contribution in [0.3, 0.4) is 0 Å². The van der Waals surface area contributed by atoms with Crippen LogP contribution in [0.15, 0.2) is 78.1 Å². The predicted molar refractivity (Wildman–Crippen MR) is 122 cm³/mol. The normalized spacial score (nSPS) is 15.0. The molecule has 3 N–H and O–H groups in total. The first-order chi connectivity index (χ1) is 16.0. The molecule has 0 saturated heterocycles. The lowest BCUT2D eigenvalue weighted by Gasteiger charge is -2.28. The van der Waals surface area contributed by atoms with E-state index in [-0.39, 0.29) is 17.3 Å². The molecule has 3 heterocycles. The molecule has 164 valence electrons. The number of nitrogens with two attached hydrogens (primary N) is 1. The Balaban J connectivity index is 1.51. The average Bonchev–Trinajstić information content (AvgIpc) is 3.01. The molecular weight excluding hydrogens is 423 g/mol. The van der Waals surface area contributed by atoms with Gasteiger partial charge in [-0.2, -0.15) is 5.10 Å². The molecular formula is C24H19FN6O2. The fourth-order valence-corrected chi connectivity index (χ4v) is 3.92. The maximum atomic E-state index is 13.5. The Bertz CT molecular complexity index is 1340. The van der Waals surface area contributed by atoms with Gasteiger partial charge in [0.25, 0.3) is 11.8 Å². The van der Waals surface area contributed by atoms with Crippen LogP contribution in [-0.2, 0) is 6.42 Å². The summed E-state index contributed by atoms with van der Waals surface area (Å²) in [6.07, 6.45) is 7.57. The molecule has 0 spiro atoms. The lowest BCUT2D eigenvalue weighted by molar-refractivity contribution is 0.0972. The topological polar surface area (TPSA) is 106 Å². The molecule has 0 fully saturated rings. The molecule has 33 heavy (non-hydrogen) atoms. The minimum absolute atomic E-state index is 0.0521. The van der Waals surface area contributed by atoms with Gasteiger partial charge in [-0.15, -0.1) is 0 Å². The first-order valence-electron chi connectivity index (χ1n) is 10.3. The van der Waals surface area contributed by atoms with Gasteiger partial charge in [0, 0.05) is 35.8 Å². The summed E-state index contributed by atoms with van der Waals surface area (Å²) < 4.78 is 14.8. The number of rotatable bonds is 4. The summed E-state index contributed by atoms with van der Waals surface area (Å²) in [5.41, 5.74) is 8.34. The van der Waals surface area contributed by atoms with Crippen molar-refractivity contribution in [1.29, 1.82) is 0 Å². The van der Waals surface area contributed by atoms with Crippen molar-refractivity contribution in [3.8, 4) is 5.69 Å². The maximum Gasteiger partial charge on any atom is 0.277 e. The second-order valence-electron chi connectivity index (χ2n) is 7.50. The van der Waals surface area contributed by atoms with Crippen LogP contribution in [0.5, 0.6) is 0 Å². The summed E-state index contributed by atoms with van der Waals surface area (Å²) in [4.78, 5) is 31.5. The number of fused-ring (bicyclic) bond motifs is 1. The van der Waals surface area contributed by atoms with E-state index >= 15 is 0 Å². The predicted octanol–water partition coefficient (Wildman–Crippen LogP) is 2.69. The zero-order valence-corrected chi connectivity index (χ0v) is 17.4. The van der Waals surface area contributed by atoms with E-state index in [1.165, 1.54) is 28.9 Å². The van der Waals surface area contributed by atoms with E-state index in [1.54, 1.807) is 17.3 Å². The summed E-state index contributed by atoms with van der Waals surface area (Å²) in [5.74, 6) is -0.748. The van der Waals surface area contributed by atoms with Crippen LogP contribution in [0.2, 0.25) is 0 Å². The maximum absolute atomic E-state index is 13.5. The molecule has 5 rings (SSSR count). The minimum atomic E-state index is -0.711. The molecule has 9 heteroatoms. The molecule has 0 aliphatic carbocycles. The number of amides is 2. The van der Waals surface area contributed by atoms with E-state index in [1.807, 2.05) is 36.4 Å². The molecule has 8 nitrogen and oxygen atoms in total. The van der Waals surface area contributed by atoms with Gasteiger partial charge in [0.2, 0.25) is 0 Å². The Hall–Kier alpha value is -4.53. The van der Waals surface area contributed by atoms with Gasteiger partial charge >= 0.3 is 0 Å². The third kappa shape index (κ3) is 3.69. The van der Waals surface area contributed by atoms with Gasteiger partial charge in [0.05, 0.1) is 5.69 Å². The van der Waals surface area contributed by atoms with Crippen LogP contribution in [0, 0.1) is 5.82 Å². The van der Waals surface area contributed by atoms with Crippen molar-refractivity contribution in [1.82, 2.24) is 15.1 Å². The molecule has 0 atom stereocenters. The number of aromatic nitrogens is 2. The Labute approximate surface area is 188 Å². The lowest BCUT2D eigenvalue weighted by atomic mass is 10.0. The number of primary amides is 1. The zero-order chi connectivity index (χ0) is 22.9. The number of nitrogens with zero attached hydrogens (tertiary/aromatic N) is 4. The van der Waals surface area contributed by atoms with Gasteiger partial charge in [-0.05, 0) is 67.1 Å². The Kier molecular flexibility index (Phi) is 5.06. The van der Waals surface area contributed by atoms with Crippen LogP contribution >= 0.6 is 0 Å². The molecule has 0 unspecified atom stereocenters. The van der Waals surface area contributed by atoms with E-state index in [0.29, 0.717) is 35.7 Å². The molecule has 0 saturated carbocycles. The standard InChI is InChI=1S/C24H19FN6O2/c25-16-5-9-18(10-6-16)31-21-19(20(29-31)22(26)32)11-14-30(24(21)33)17-7-3-15(4-8-17)23-27-12-1-2-13-28-23/h1-10,12-13H,11,14H2,(H2,26,32)(H,27,28). The summed E-state index contributed by atoms with van der Waals surface area (Å²) in [5, 5.41) is 7.40. The van der Waals surface area contributed by atoms with E-state index < -0.39 is 11.7 Å². The van der Waals surface area contributed by atoms with Crippen LogP contribution in [-0.4, -0.2) is 34.0 Å². The quantitative estimate of drug-likeness (QED) is 0.648. The number of aliphatic imine (C=N–C) groups is 1. The zero-order valence-electron chi connectivity index (χ0n) is 17.4.